The number of ketones is 1. The number of Topliss-reactive ketones (excluding diaryl/α,β-unsaturated/α-hetero) is 1. The van der Waals surface area contributed by atoms with E-state index in [1.165, 1.54) is 0 Å². The van der Waals surface area contributed by atoms with Gasteiger partial charge in [0.2, 0.25) is 0 Å². The van der Waals surface area contributed by atoms with Crippen molar-refractivity contribution < 1.29 is 4.79 Å². The van der Waals surface area contributed by atoms with E-state index in [4.69, 9.17) is 5.73 Å². The molecule has 2 aromatic rings. The Labute approximate surface area is 112 Å². The molecule has 3 rings (SSSR count). The van der Waals surface area contributed by atoms with Crippen LogP contribution in [0.1, 0.15) is 31.2 Å². The van der Waals surface area contributed by atoms with Gasteiger partial charge in [0.25, 0.3) is 0 Å². The average Bonchev–Trinajstić information content (AvgIpc) is 2.87. The molecule has 1 saturated carbocycles. The molecule has 1 aromatic carbocycles. The van der Waals surface area contributed by atoms with Crippen LogP contribution < -0.4 is 5.73 Å². The molecule has 2 N–H and O–H groups in total. The molecule has 0 unspecified atom stereocenters. The Hall–Kier alpha value is -1.74. The van der Waals surface area contributed by atoms with Crippen molar-refractivity contribution in [2.45, 2.75) is 37.6 Å². The molecule has 1 aliphatic rings. The molecule has 98 valence electrons. The Balaban J connectivity index is 1.91. The van der Waals surface area contributed by atoms with E-state index in [0.29, 0.717) is 6.42 Å². The van der Waals surface area contributed by atoms with Gasteiger partial charge < -0.3 is 5.73 Å². The minimum Gasteiger partial charge on any atom is -0.319 e. The number of hydrogen-bond donors (Lipinski definition) is 1. The fourth-order valence-corrected chi connectivity index (χ4v) is 2.94. The van der Waals surface area contributed by atoms with Gasteiger partial charge in [0.15, 0.2) is 5.78 Å². The maximum absolute atomic E-state index is 12.4. The molecule has 3 heteroatoms. The molecular weight excluding hydrogens is 236 g/mol. The molecule has 0 atom stereocenters. The standard InChI is InChI=1S/C16H18N2O/c17-16(8-3-4-9-16)15(19)11-12-7-10-18-14-6-2-1-5-13(12)14/h1-2,5-7,10H,3-4,8-9,11,17H2. The van der Waals surface area contributed by atoms with Crippen molar-refractivity contribution in [3.05, 3.63) is 42.1 Å². The molecule has 0 spiro atoms. The van der Waals surface area contributed by atoms with Crippen LogP contribution in [0.4, 0.5) is 0 Å². The highest BCUT2D eigenvalue weighted by molar-refractivity contribution is 5.94. The lowest BCUT2D eigenvalue weighted by Crippen LogP contribution is -2.46. The molecule has 1 aliphatic carbocycles. The zero-order valence-corrected chi connectivity index (χ0v) is 10.9. The van der Waals surface area contributed by atoms with Crippen molar-refractivity contribution in [1.82, 2.24) is 4.98 Å². The predicted molar refractivity (Wildman–Crippen MR) is 75.8 cm³/mol. The summed E-state index contributed by atoms with van der Waals surface area (Å²) < 4.78 is 0. The monoisotopic (exact) mass is 254 g/mol. The van der Waals surface area contributed by atoms with Crippen LogP contribution in [0.2, 0.25) is 0 Å². The molecule has 3 nitrogen and oxygen atoms in total. The van der Waals surface area contributed by atoms with Crippen LogP contribution in [-0.2, 0) is 11.2 Å². The summed E-state index contributed by atoms with van der Waals surface area (Å²) in [4.78, 5) is 16.8. The summed E-state index contributed by atoms with van der Waals surface area (Å²) in [6, 6.07) is 9.85. The Morgan fingerprint density at radius 1 is 1.21 bits per heavy atom. The normalized spacial score (nSPS) is 17.7. The summed E-state index contributed by atoms with van der Waals surface area (Å²) in [5.41, 5.74) is 7.61. The van der Waals surface area contributed by atoms with E-state index in [2.05, 4.69) is 4.98 Å². The van der Waals surface area contributed by atoms with Gasteiger partial charge in [0, 0.05) is 18.0 Å². The smallest absolute Gasteiger partial charge is 0.157 e. The number of carbonyl (C=O) groups excluding carboxylic acids is 1. The third-order valence-corrected chi connectivity index (χ3v) is 4.14. The Bertz CT molecular complexity index is 610. The molecule has 0 saturated heterocycles. The lowest BCUT2D eigenvalue weighted by molar-refractivity contribution is -0.123. The summed E-state index contributed by atoms with van der Waals surface area (Å²) in [6.07, 6.45) is 5.98. The number of para-hydroxylation sites is 1. The van der Waals surface area contributed by atoms with Gasteiger partial charge in [0.1, 0.15) is 0 Å². The number of nitrogens with two attached hydrogens (primary N) is 1. The van der Waals surface area contributed by atoms with Crippen LogP contribution >= 0.6 is 0 Å². The van der Waals surface area contributed by atoms with Crippen molar-refractivity contribution in [3.63, 3.8) is 0 Å². The summed E-state index contributed by atoms with van der Waals surface area (Å²) in [6.45, 7) is 0. The number of pyridine rings is 1. The molecular formula is C16H18N2O. The maximum Gasteiger partial charge on any atom is 0.157 e. The van der Waals surface area contributed by atoms with Gasteiger partial charge >= 0.3 is 0 Å². The average molecular weight is 254 g/mol. The van der Waals surface area contributed by atoms with Gasteiger partial charge in [-0.1, -0.05) is 31.0 Å². The fourth-order valence-electron chi connectivity index (χ4n) is 2.94. The van der Waals surface area contributed by atoms with Gasteiger partial charge in [-0.2, -0.15) is 0 Å². The van der Waals surface area contributed by atoms with Crippen LogP contribution in [-0.4, -0.2) is 16.3 Å². The van der Waals surface area contributed by atoms with E-state index in [-0.39, 0.29) is 5.78 Å². The van der Waals surface area contributed by atoms with Crippen molar-refractivity contribution >= 4 is 16.7 Å². The van der Waals surface area contributed by atoms with E-state index in [0.717, 1.165) is 42.1 Å². The number of hydrogen-bond acceptors (Lipinski definition) is 3. The lowest BCUT2D eigenvalue weighted by Gasteiger charge is -2.22. The maximum atomic E-state index is 12.4. The van der Waals surface area contributed by atoms with Gasteiger partial charge in [-0.05, 0) is 30.5 Å². The van der Waals surface area contributed by atoms with Crippen molar-refractivity contribution in [1.29, 1.82) is 0 Å². The Morgan fingerprint density at radius 3 is 2.74 bits per heavy atom. The molecule has 0 amide bonds. The van der Waals surface area contributed by atoms with Gasteiger partial charge in [-0.25, -0.2) is 0 Å². The number of nitrogens with zero attached hydrogens (tertiary/aromatic N) is 1. The van der Waals surface area contributed by atoms with Crippen LogP contribution in [0, 0.1) is 0 Å². The second kappa shape index (κ2) is 4.74. The minimum absolute atomic E-state index is 0.168. The number of benzene rings is 1. The van der Waals surface area contributed by atoms with E-state index in [1.807, 2.05) is 30.3 Å². The summed E-state index contributed by atoms with van der Waals surface area (Å²) in [5, 5.41) is 1.06. The number of rotatable bonds is 3. The summed E-state index contributed by atoms with van der Waals surface area (Å²) >= 11 is 0. The highest BCUT2D eigenvalue weighted by Gasteiger charge is 2.36. The zero-order valence-electron chi connectivity index (χ0n) is 10.9. The second-order valence-electron chi connectivity index (χ2n) is 5.45. The highest BCUT2D eigenvalue weighted by Crippen LogP contribution is 2.29. The van der Waals surface area contributed by atoms with Crippen LogP contribution in [0.5, 0.6) is 0 Å². The number of aromatic nitrogens is 1. The number of carbonyl (C=O) groups is 1. The lowest BCUT2D eigenvalue weighted by atomic mass is 9.88. The Kier molecular flexibility index (Phi) is 3.07. The SMILES string of the molecule is NC1(C(=O)Cc2ccnc3ccccc23)CCCC1. The van der Waals surface area contributed by atoms with Gasteiger partial charge in [-0.15, -0.1) is 0 Å². The topological polar surface area (TPSA) is 56.0 Å². The van der Waals surface area contributed by atoms with Gasteiger partial charge in [-0.3, -0.25) is 9.78 Å². The molecule has 1 fully saturated rings. The van der Waals surface area contributed by atoms with Crippen molar-refractivity contribution in [2.24, 2.45) is 5.73 Å². The van der Waals surface area contributed by atoms with E-state index < -0.39 is 5.54 Å². The van der Waals surface area contributed by atoms with E-state index >= 15 is 0 Å². The van der Waals surface area contributed by atoms with E-state index in [9.17, 15) is 4.79 Å². The molecule has 19 heavy (non-hydrogen) atoms. The molecule has 0 aliphatic heterocycles. The Morgan fingerprint density at radius 2 is 1.95 bits per heavy atom. The first-order valence-electron chi connectivity index (χ1n) is 6.84. The van der Waals surface area contributed by atoms with Crippen LogP contribution in [0.15, 0.2) is 36.5 Å². The zero-order chi connectivity index (χ0) is 13.3. The molecule has 0 radical (unpaired) electrons. The molecule has 0 bridgehead atoms. The first-order valence-corrected chi connectivity index (χ1v) is 6.84. The first kappa shape index (κ1) is 12.3. The van der Waals surface area contributed by atoms with Gasteiger partial charge in [0.05, 0.1) is 11.1 Å². The number of fused-ring (bicyclic) bond motifs is 1. The second-order valence-corrected chi connectivity index (χ2v) is 5.45. The quantitative estimate of drug-likeness (QED) is 0.916. The molecule has 1 aromatic heterocycles. The van der Waals surface area contributed by atoms with Crippen molar-refractivity contribution in [2.75, 3.05) is 0 Å². The van der Waals surface area contributed by atoms with Crippen LogP contribution in [0.25, 0.3) is 10.9 Å². The largest absolute Gasteiger partial charge is 0.319 e. The molecule has 1 heterocycles. The third kappa shape index (κ3) is 2.26. The summed E-state index contributed by atoms with van der Waals surface area (Å²) in [5.74, 6) is 0.168. The first-order chi connectivity index (χ1) is 9.19. The predicted octanol–water partition coefficient (Wildman–Crippen LogP) is 2.62. The third-order valence-electron chi connectivity index (χ3n) is 4.14. The highest BCUT2D eigenvalue weighted by atomic mass is 16.1. The summed E-state index contributed by atoms with van der Waals surface area (Å²) in [7, 11) is 0. The minimum atomic E-state index is -0.593. The van der Waals surface area contributed by atoms with Crippen molar-refractivity contribution in [3.8, 4) is 0 Å². The van der Waals surface area contributed by atoms with E-state index in [1.54, 1.807) is 6.20 Å². The van der Waals surface area contributed by atoms with Crippen LogP contribution in [0.3, 0.4) is 0 Å². The fraction of sp³-hybridized carbons (Fsp3) is 0.375.